The number of fused-ring (bicyclic) bond motifs is 1. The zero-order chi connectivity index (χ0) is 23.5. The van der Waals surface area contributed by atoms with Crippen molar-refractivity contribution in [2.75, 3.05) is 13.7 Å². The van der Waals surface area contributed by atoms with E-state index in [0.717, 1.165) is 34.3 Å². The molecule has 7 heteroatoms. The third-order valence-corrected chi connectivity index (χ3v) is 5.94. The minimum absolute atomic E-state index is 0.0945. The molecule has 170 valence electrons. The van der Waals surface area contributed by atoms with Crippen LogP contribution in [0.2, 0.25) is 5.02 Å². The third-order valence-electron chi connectivity index (χ3n) is 5.70. The molecule has 0 aliphatic rings. The second-order valence-electron chi connectivity index (χ2n) is 7.91. The summed E-state index contributed by atoms with van der Waals surface area (Å²) in [5, 5.41) is 5.78. The van der Waals surface area contributed by atoms with Gasteiger partial charge in [-0.2, -0.15) is 5.10 Å². The zero-order valence-corrected chi connectivity index (χ0v) is 20.1. The van der Waals surface area contributed by atoms with E-state index in [9.17, 15) is 4.79 Å². The molecule has 0 aliphatic heterocycles. The lowest BCUT2D eigenvalue weighted by Crippen LogP contribution is -2.26. The van der Waals surface area contributed by atoms with E-state index in [4.69, 9.17) is 21.3 Å². The Morgan fingerprint density at radius 3 is 2.67 bits per heavy atom. The van der Waals surface area contributed by atoms with E-state index in [1.165, 1.54) is 0 Å². The van der Waals surface area contributed by atoms with Crippen LogP contribution >= 0.6 is 11.6 Å². The monoisotopic (exact) mass is 462 g/mol. The number of hydrogen-bond acceptors (Lipinski definition) is 4. The maximum atomic E-state index is 13.7. The summed E-state index contributed by atoms with van der Waals surface area (Å²) in [5.41, 5.74) is 4.93. The van der Waals surface area contributed by atoms with Crippen LogP contribution < -0.4 is 4.74 Å². The van der Waals surface area contributed by atoms with E-state index in [-0.39, 0.29) is 5.91 Å². The van der Waals surface area contributed by atoms with Crippen molar-refractivity contribution in [3.05, 3.63) is 76.6 Å². The van der Waals surface area contributed by atoms with Gasteiger partial charge in [0.15, 0.2) is 0 Å². The van der Waals surface area contributed by atoms with Crippen LogP contribution in [0, 0.1) is 6.92 Å². The summed E-state index contributed by atoms with van der Waals surface area (Å²) in [5.74, 6) is 0.613. The number of pyridine rings is 1. The van der Waals surface area contributed by atoms with Crippen molar-refractivity contribution >= 4 is 28.4 Å². The minimum atomic E-state index is -0.0945. The Morgan fingerprint density at radius 1 is 1.15 bits per heavy atom. The Labute approximate surface area is 198 Å². The molecule has 0 aliphatic carbocycles. The Hall–Kier alpha value is -3.38. The topological polar surface area (TPSA) is 60.2 Å². The van der Waals surface area contributed by atoms with E-state index in [2.05, 4.69) is 12.0 Å². The van der Waals surface area contributed by atoms with Gasteiger partial charge >= 0.3 is 0 Å². The maximum absolute atomic E-state index is 13.7. The third kappa shape index (κ3) is 4.71. The minimum Gasteiger partial charge on any atom is -0.494 e. The first-order chi connectivity index (χ1) is 15.9. The fourth-order valence-electron chi connectivity index (χ4n) is 3.93. The molecular weight excluding hydrogens is 436 g/mol. The van der Waals surface area contributed by atoms with E-state index in [1.807, 2.05) is 80.3 Å². The Morgan fingerprint density at radius 2 is 1.97 bits per heavy atom. The van der Waals surface area contributed by atoms with Crippen molar-refractivity contribution in [3.8, 4) is 17.0 Å². The van der Waals surface area contributed by atoms with Crippen molar-refractivity contribution in [2.45, 2.75) is 33.9 Å². The molecule has 2 aromatic heterocycles. The molecular formula is C26H27ClN4O2. The van der Waals surface area contributed by atoms with Crippen molar-refractivity contribution in [2.24, 2.45) is 0 Å². The van der Waals surface area contributed by atoms with E-state index < -0.39 is 0 Å². The summed E-state index contributed by atoms with van der Waals surface area (Å²) in [6.45, 7) is 7.81. The molecule has 0 radical (unpaired) electrons. The number of hydrogen-bond donors (Lipinski definition) is 0. The molecule has 0 unspecified atom stereocenters. The Bertz CT molecular complexity index is 1320. The molecule has 4 aromatic rings. The predicted molar refractivity (Wildman–Crippen MR) is 132 cm³/mol. The fourth-order valence-corrected chi connectivity index (χ4v) is 4.12. The number of nitrogens with zero attached hydrogens (tertiary/aromatic N) is 4. The molecule has 0 N–H and O–H groups in total. The van der Waals surface area contributed by atoms with Gasteiger partial charge in [-0.25, -0.2) is 4.98 Å². The quantitative estimate of drug-likeness (QED) is 0.351. The number of aromatic nitrogens is 3. The van der Waals surface area contributed by atoms with Gasteiger partial charge in [0.1, 0.15) is 5.75 Å². The molecule has 33 heavy (non-hydrogen) atoms. The lowest BCUT2D eigenvalue weighted by atomic mass is 10.0. The highest BCUT2D eigenvalue weighted by Gasteiger charge is 2.20. The number of rotatable bonds is 7. The van der Waals surface area contributed by atoms with Gasteiger partial charge < -0.3 is 9.64 Å². The predicted octanol–water partition coefficient (Wildman–Crippen LogP) is 5.75. The standard InChI is InChI=1S/C26H27ClN4O2/c1-5-31-17(3)19(15-28-31)16-30(4)26(32)23-14-25(18-8-7-9-20(27)12-18)29-24-11-10-21(33-6-2)13-22(23)24/h7-15H,5-6,16H2,1-4H3. The van der Waals surface area contributed by atoms with Crippen molar-refractivity contribution in [1.82, 2.24) is 19.7 Å². The SMILES string of the molecule is CCOc1ccc2nc(-c3cccc(Cl)c3)cc(C(=O)N(C)Cc3cnn(CC)c3C)c2c1. The highest BCUT2D eigenvalue weighted by molar-refractivity contribution is 6.30. The van der Waals surface area contributed by atoms with Gasteiger partial charge in [-0.05, 0) is 57.2 Å². The molecule has 0 fully saturated rings. The molecule has 4 rings (SSSR count). The summed E-state index contributed by atoms with van der Waals surface area (Å²) in [6.07, 6.45) is 1.83. The van der Waals surface area contributed by atoms with Gasteiger partial charge in [0.05, 0.1) is 29.6 Å². The average molecular weight is 463 g/mol. The molecule has 0 atom stereocenters. The number of carbonyl (C=O) groups is 1. The number of ether oxygens (including phenoxy) is 1. The number of halogens is 1. The van der Waals surface area contributed by atoms with E-state index in [0.29, 0.717) is 35.2 Å². The largest absolute Gasteiger partial charge is 0.494 e. The molecule has 2 aromatic carbocycles. The summed E-state index contributed by atoms with van der Waals surface area (Å²) < 4.78 is 7.62. The van der Waals surface area contributed by atoms with Crippen LogP contribution in [0.25, 0.3) is 22.2 Å². The van der Waals surface area contributed by atoms with Crippen molar-refractivity contribution < 1.29 is 9.53 Å². The maximum Gasteiger partial charge on any atom is 0.254 e. The van der Waals surface area contributed by atoms with Gasteiger partial charge in [0.25, 0.3) is 5.91 Å². The van der Waals surface area contributed by atoms with Gasteiger partial charge in [-0.1, -0.05) is 23.7 Å². The van der Waals surface area contributed by atoms with Gasteiger partial charge in [-0.15, -0.1) is 0 Å². The first kappa shape index (κ1) is 22.8. The molecule has 2 heterocycles. The molecule has 0 saturated carbocycles. The first-order valence-corrected chi connectivity index (χ1v) is 11.4. The van der Waals surface area contributed by atoms with Gasteiger partial charge in [-0.3, -0.25) is 9.48 Å². The van der Waals surface area contributed by atoms with Gasteiger partial charge in [0.2, 0.25) is 0 Å². The van der Waals surface area contributed by atoms with E-state index in [1.54, 1.807) is 4.90 Å². The smallest absolute Gasteiger partial charge is 0.254 e. The van der Waals surface area contributed by atoms with Crippen LogP contribution in [-0.4, -0.2) is 39.2 Å². The van der Waals surface area contributed by atoms with Crippen molar-refractivity contribution in [1.29, 1.82) is 0 Å². The molecule has 0 saturated heterocycles. The fraction of sp³-hybridized carbons (Fsp3) is 0.269. The summed E-state index contributed by atoms with van der Waals surface area (Å²) in [6, 6.07) is 15.0. The average Bonchev–Trinajstić information content (AvgIpc) is 3.17. The van der Waals surface area contributed by atoms with E-state index >= 15 is 0 Å². The van der Waals surface area contributed by atoms with Gasteiger partial charge in [0, 0.05) is 47.4 Å². The van der Waals surface area contributed by atoms with Crippen molar-refractivity contribution in [3.63, 3.8) is 0 Å². The lowest BCUT2D eigenvalue weighted by molar-refractivity contribution is 0.0787. The zero-order valence-electron chi connectivity index (χ0n) is 19.3. The second-order valence-corrected chi connectivity index (χ2v) is 8.35. The van der Waals surface area contributed by atoms with Crippen LogP contribution in [0.5, 0.6) is 5.75 Å². The van der Waals surface area contributed by atoms with Crippen LogP contribution in [0.1, 0.15) is 35.5 Å². The normalized spacial score (nSPS) is 11.1. The number of benzene rings is 2. The molecule has 6 nitrogen and oxygen atoms in total. The second kappa shape index (κ2) is 9.63. The Kier molecular flexibility index (Phi) is 6.65. The van der Waals surface area contributed by atoms with Crippen LogP contribution in [0.15, 0.2) is 54.7 Å². The number of carbonyl (C=O) groups excluding carboxylic acids is 1. The Balaban J connectivity index is 1.79. The summed E-state index contributed by atoms with van der Waals surface area (Å²) in [7, 11) is 1.81. The highest BCUT2D eigenvalue weighted by Crippen LogP contribution is 2.30. The molecule has 0 spiro atoms. The lowest BCUT2D eigenvalue weighted by Gasteiger charge is -2.19. The van der Waals surface area contributed by atoms with Crippen LogP contribution in [0.3, 0.4) is 0 Å². The van der Waals surface area contributed by atoms with Crippen LogP contribution in [0.4, 0.5) is 0 Å². The first-order valence-electron chi connectivity index (χ1n) is 11.0. The van der Waals surface area contributed by atoms with Crippen LogP contribution in [-0.2, 0) is 13.1 Å². The molecule has 1 amide bonds. The summed E-state index contributed by atoms with van der Waals surface area (Å²) in [4.78, 5) is 20.2. The highest BCUT2D eigenvalue weighted by atomic mass is 35.5. The number of aryl methyl sites for hydroxylation is 1. The number of amides is 1. The molecule has 0 bridgehead atoms. The summed E-state index contributed by atoms with van der Waals surface area (Å²) >= 11 is 6.21.